The highest BCUT2D eigenvalue weighted by molar-refractivity contribution is 5.89. The van der Waals surface area contributed by atoms with E-state index >= 15 is 0 Å². The fraction of sp³-hybridized carbons (Fsp3) is 0.467. The summed E-state index contributed by atoms with van der Waals surface area (Å²) in [5.41, 5.74) is 0.957. The maximum absolute atomic E-state index is 12.0. The molecule has 0 saturated heterocycles. The van der Waals surface area contributed by atoms with E-state index < -0.39 is 12.1 Å². The highest BCUT2D eigenvalue weighted by Gasteiger charge is 2.16. The van der Waals surface area contributed by atoms with Crippen LogP contribution in [0.25, 0.3) is 0 Å². The van der Waals surface area contributed by atoms with Gasteiger partial charge in [-0.05, 0) is 25.0 Å². The van der Waals surface area contributed by atoms with Gasteiger partial charge in [0.05, 0.1) is 11.7 Å². The van der Waals surface area contributed by atoms with Crippen LogP contribution in [0, 0.1) is 0 Å². The number of aliphatic hydroxyl groups is 1. The van der Waals surface area contributed by atoms with Crippen molar-refractivity contribution in [1.29, 1.82) is 0 Å². The quantitative estimate of drug-likeness (QED) is 0.828. The van der Waals surface area contributed by atoms with Crippen LogP contribution in [0.5, 0.6) is 0 Å². The SMILES string of the molecule is CC(O)CN(C)C(=O)N(C)CCc1ccccc1C(=O)O. The van der Waals surface area contributed by atoms with E-state index in [9.17, 15) is 14.7 Å². The van der Waals surface area contributed by atoms with Crippen molar-refractivity contribution >= 4 is 12.0 Å². The molecule has 0 fully saturated rings. The molecule has 1 aromatic carbocycles. The lowest BCUT2D eigenvalue weighted by Gasteiger charge is -2.26. The summed E-state index contributed by atoms with van der Waals surface area (Å²) in [6, 6.07) is 6.56. The van der Waals surface area contributed by atoms with Crippen molar-refractivity contribution in [1.82, 2.24) is 9.80 Å². The molecule has 1 rings (SSSR count). The van der Waals surface area contributed by atoms with E-state index in [1.54, 1.807) is 45.3 Å². The van der Waals surface area contributed by atoms with Crippen molar-refractivity contribution in [2.24, 2.45) is 0 Å². The smallest absolute Gasteiger partial charge is 0.335 e. The number of aromatic carboxylic acids is 1. The van der Waals surface area contributed by atoms with Gasteiger partial charge in [0.25, 0.3) is 0 Å². The van der Waals surface area contributed by atoms with Gasteiger partial charge in [-0.2, -0.15) is 0 Å². The predicted molar refractivity (Wildman–Crippen MR) is 79.4 cm³/mol. The van der Waals surface area contributed by atoms with Gasteiger partial charge in [0, 0.05) is 27.2 Å². The molecule has 0 aliphatic heterocycles. The minimum Gasteiger partial charge on any atom is -0.478 e. The fourth-order valence-electron chi connectivity index (χ4n) is 2.10. The van der Waals surface area contributed by atoms with E-state index in [0.717, 1.165) is 0 Å². The molecular weight excluding hydrogens is 272 g/mol. The maximum atomic E-state index is 12.0. The Morgan fingerprint density at radius 3 is 2.38 bits per heavy atom. The molecule has 116 valence electrons. The second-order valence-electron chi connectivity index (χ2n) is 5.15. The Labute approximate surface area is 124 Å². The minimum absolute atomic E-state index is 0.205. The zero-order valence-corrected chi connectivity index (χ0v) is 12.6. The fourth-order valence-corrected chi connectivity index (χ4v) is 2.10. The number of hydrogen-bond acceptors (Lipinski definition) is 3. The van der Waals surface area contributed by atoms with Crippen LogP contribution in [-0.2, 0) is 6.42 Å². The van der Waals surface area contributed by atoms with E-state index in [1.807, 2.05) is 0 Å². The van der Waals surface area contributed by atoms with Crippen LogP contribution in [0.3, 0.4) is 0 Å². The number of nitrogens with zero attached hydrogens (tertiary/aromatic N) is 2. The normalized spacial score (nSPS) is 11.8. The third kappa shape index (κ3) is 5.07. The van der Waals surface area contributed by atoms with Gasteiger partial charge in [0.1, 0.15) is 0 Å². The third-order valence-corrected chi connectivity index (χ3v) is 3.16. The van der Waals surface area contributed by atoms with Crippen molar-refractivity contribution in [3.05, 3.63) is 35.4 Å². The van der Waals surface area contributed by atoms with E-state index in [1.165, 1.54) is 9.80 Å². The van der Waals surface area contributed by atoms with Gasteiger partial charge in [0.2, 0.25) is 0 Å². The first-order chi connectivity index (χ1) is 9.82. The number of hydrogen-bond donors (Lipinski definition) is 2. The molecule has 0 aliphatic rings. The van der Waals surface area contributed by atoms with E-state index in [2.05, 4.69) is 0 Å². The molecule has 0 spiro atoms. The number of amides is 2. The first-order valence-corrected chi connectivity index (χ1v) is 6.78. The second-order valence-corrected chi connectivity index (χ2v) is 5.15. The molecule has 0 radical (unpaired) electrons. The lowest BCUT2D eigenvalue weighted by molar-refractivity contribution is 0.0695. The molecule has 6 nitrogen and oxygen atoms in total. The van der Waals surface area contributed by atoms with Gasteiger partial charge < -0.3 is 20.0 Å². The molecule has 0 heterocycles. The van der Waals surface area contributed by atoms with Gasteiger partial charge in [-0.3, -0.25) is 0 Å². The van der Waals surface area contributed by atoms with Crippen molar-refractivity contribution in [3.8, 4) is 0 Å². The molecule has 0 aromatic heterocycles. The number of benzene rings is 1. The summed E-state index contributed by atoms with van der Waals surface area (Å²) in [6.45, 7) is 2.29. The van der Waals surface area contributed by atoms with E-state index in [0.29, 0.717) is 18.5 Å². The first-order valence-electron chi connectivity index (χ1n) is 6.78. The summed E-state index contributed by atoms with van der Waals surface area (Å²) in [4.78, 5) is 26.1. The first kappa shape index (κ1) is 17.0. The molecule has 1 atom stereocenters. The monoisotopic (exact) mass is 294 g/mol. The number of aliphatic hydroxyl groups excluding tert-OH is 1. The second kappa shape index (κ2) is 7.64. The number of carboxylic acid groups (broad SMARTS) is 1. The van der Waals surface area contributed by atoms with Gasteiger partial charge in [-0.15, -0.1) is 0 Å². The van der Waals surface area contributed by atoms with Crippen molar-refractivity contribution < 1.29 is 19.8 Å². The highest BCUT2D eigenvalue weighted by atomic mass is 16.4. The van der Waals surface area contributed by atoms with E-state index in [4.69, 9.17) is 5.11 Å². The standard InChI is InChI=1S/C15H22N2O4/c1-11(18)10-17(3)15(21)16(2)9-8-12-6-4-5-7-13(12)14(19)20/h4-7,11,18H,8-10H2,1-3H3,(H,19,20). The summed E-state index contributed by atoms with van der Waals surface area (Å²) in [5, 5.41) is 18.4. The Balaban J connectivity index is 2.63. The van der Waals surface area contributed by atoms with Gasteiger partial charge in [-0.25, -0.2) is 9.59 Å². The largest absolute Gasteiger partial charge is 0.478 e. The van der Waals surface area contributed by atoms with Crippen molar-refractivity contribution in [3.63, 3.8) is 0 Å². The zero-order valence-electron chi connectivity index (χ0n) is 12.6. The predicted octanol–water partition coefficient (Wildman–Crippen LogP) is 1.29. The van der Waals surface area contributed by atoms with Crippen LogP contribution in [0.15, 0.2) is 24.3 Å². The number of carbonyl (C=O) groups is 2. The minimum atomic E-state index is -0.967. The van der Waals surface area contributed by atoms with Gasteiger partial charge in [-0.1, -0.05) is 18.2 Å². The molecule has 0 bridgehead atoms. The number of urea groups is 1. The van der Waals surface area contributed by atoms with Crippen molar-refractivity contribution in [2.75, 3.05) is 27.2 Å². The molecule has 21 heavy (non-hydrogen) atoms. The topological polar surface area (TPSA) is 81.1 Å². The Morgan fingerprint density at radius 1 is 1.19 bits per heavy atom. The number of carbonyl (C=O) groups excluding carboxylic acids is 1. The highest BCUT2D eigenvalue weighted by Crippen LogP contribution is 2.10. The molecule has 1 unspecified atom stereocenters. The summed E-state index contributed by atoms with van der Waals surface area (Å²) in [5.74, 6) is -0.967. The molecule has 2 N–H and O–H groups in total. The van der Waals surface area contributed by atoms with Gasteiger partial charge >= 0.3 is 12.0 Å². The van der Waals surface area contributed by atoms with Gasteiger partial charge in [0.15, 0.2) is 0 Å². The Kier molecular flexibility index (Phi) is 6.17. The Bertz CT molecular complexity index is 502. The average molecular weight is 294 g/mol. The molecule has 0 saturated carbocycles. The zero-order chi connectivity index (χ0) is 16.0. The summed E-state index contributed by atoms with van der Waals surface area (Å²) in [7, 11) is 3.28. The molecule has 1 aromatic rings. The lowest BCUT2D eigenvalue weighted by atomic mass is 10.0. The Morgan fingerprint density at radius 2 is 1.81 bits per heavy atom. The summed E-state index contributed by atoms with van der Waals surface area (Å²) < 4.78 is 0. The Hall–Kier alpha value is -2.08. The number of likely N-dealkylation sites (N-methyl/N-ethyl adjacent to an activating group) is 2. The van der Waals surface area contributed by atoms with E-state index in [-0.39, 0.29) is 18.1 Å². The van der Waals surface area contributed by atoms with Crippen LogP contribution in [0.4, 0.5) is 4.79 Å². The third-order valence-electron chi connectivity index (χ3n) is 3.16. The van der Waals surface area contributed by atoms with Crippen LogP contribution in [-0.4, -0.2) is 65.3 Å². The molecule has 6 heteroatoms. The lowest BCUT2D eigenvalue weighted by Crippen LogP contribution is -2.42. The average Bonchev–Trinajstić information content (AvgIpc) is 2.43. The number of rotatable bonds is 6. The summed E-state index contributed by atoms with van der Waals surface area (Å²) >= 11 is 0. The van der Waals surface area contributed by atoms with Crippen LogP contribution >= 0.6 is 0 Å². The summed E-state index contributed by atoms with van der Waals surface area (Å²) in [6.07, 6.45) is -0.118. The van der Waals surface area contributed by atoms with Crippen LogP contribution < -0.4 is 0 Å². The molecule has 2 amide bonds. The van der Waals surface area contributed by atoms with Crippen LogP contribution in [0.1, 0.15) is 22.8 Å². The molecular formula is C15H22N2O4. The van der Waals surface area contributed by atoms with Crippen molar-refractivity contribution in [2.45, 2.75) is 19.4 Å². The molecule has 0 aliphatic carbocycles. The van der Waals surface area contributed by atoms with Crippen LogP contribution in [0.2, 0.25) is 0 Å². The maximum Gasteiger partial charge on any atom is 0.335 e. The number of carboxylic acids is 1.